The maximum atomic E-state index is 12.1. The minimum absolute atomic E-state index is 0.00904. The number of carbonyl (C=O) groups excluding carboxylic acids is 3. The third-order valence-electron chi connectivity index (χ3n) is 8.54. The van der Waals surface area contributed by atoms with E-state index in [-0.39, 0.29) is 23.5 Å². The van der Waals surface area contributed by atoms with Crippen LogP contribution in [0, 0.1) is 28.6 Å². The molecular weight excluding hydrogens is 356 g/mol. The number of carbonyl (C=O) groups is 3. The van der Waals surface area contributed by atoms with E-state index in [0.29, 0.717) is 30.0 Å². The van der Waals surface area contributed by atoms with E-state index in [1.807, 2.05) is 6.08 Å². The van der Waals surface area contributed by atoms with E-state index in [1.54, 1.807) is 0 Å². The van der Waals surface area contributed by atoms with Crippen LogP contribution in [-0.4, -0.2) is 30.4 Å². The molecule has 0 heterocycles. The van der Waals surface area contributed by atoms with Crippen molar-refractivity contribution in [3.8, 4) is 0 Å². The van der Waals surface area contributed by atoms with Gasteiger partial charge in [0.15, 0.2) is 12.4 Å². The van der Waals surface area contributed by atoms with Crippen molar-refractivity contribution in [2.75, 3.05) is 6.61 Å². The van der Waals surface area contributed by atoms with Crippen LogP contribution in [0.2, 0.25) is 0 Å². The molecule has 4 rings (SSSR count). The summed E-state index contributed by atoms with van der Waals surface area (Å²) in [6, 6.07) is 0. The highest BCUT2D eigenvalue weighted by atomic mass is 16.6. The first-order valence-corrected chi connectivity index (χ1v) is 10.8. The Hall–Kier alpha value is -1.65. The molecule has 0 radical (unpaired) electrons. The number of allylic oxidation sites excluding steroid dienone is 1. The summed E-state index contributed by atoms with van der Waals surface area (Å²) in [6.45, 7) is 5.69. The molecule has 154 valence electrons. The lowest BCUT2D eigenvalue weighted by Gasteiger charge is -2.57. The molecule has 0 aliphatic heterocycles. The lowest BCUT2D eigenvalue weighted by molar-refractivity contribution is -0.169. The quantitative estimate of drug-likeness (QED) is 0.684. The molecule has 0 spiro atoms. The normalized spacial score (nSPS) is 42.0. The average molecular weight is 389 g/mol. The molecule has 4 aliphatic rings. The maximum Gasteiger partial charge on any atom is 0.344 e. The Morgan fingerprint density at radius 1 is 1.07 bits per heavy atom. The van der Waals surface area contributed by atoms with Gasteiger partial charge in [-0.05, 0) is 74.2 Å². The number of fused-ring (bicyclic) bond motifs is 5. The summed E-state index contributed by atoms with van der Waals surface area (Å²) < 4.78 is 10.6. The Bertz CT molecular complexity index is 725. The van der Waals surface area contributed by atoms with E-state index in [9.17, 15) is 14.4 Å². The van der Waals surface area contributed by atoms with Crippen LogP contribution in [0.4, 0.5) is 0 Å². The lowest BCUT2D eigenvalue weighted by atomic mass is 9.47. The molecule has 5 nitrogen and oxygen atoms in total. The molecule has 3 saturated carbocycles. The number of ether oxygens (including phenoxy) is 2. The summed E-state index contributed by atoms with van der Waals surface area (Å²) in [5.41, 5.74) is 1.56. The monoisotopic (exact) mass is 388 g/mol. The van der Waals surface area contributed by atoms with Crippen LogP contribution in [0.1, 0.15) is 72.1 Å². The van der Waals surface area contributed by atoms with Crippen molar-refractivity contribution in [1.29, 1.82) is 0 Å². The smallest absolute Gasteiger partial charge is 0.344 e. The van der Waals surface area contributed by atoms with Crippen molar-refractivity contribution in [3.63, 3.8) is 0 Å². The molecule has 0 aromatic heterocycles. The van der Waals surface area contributed by atoms with Gasteiger partial charge in [-0.2, -0.15) is 0 Å². The maximum absolute atomic E-state index is 12.1. The second kappa shape index (κ2) is 7.00. The molecule has 28 heavy (non-hydrogen) atoms. The fourth-order valence-electron chi connectivity index (χ4n) is 7.06. The fraction of sp³-hybridized carbons (Fsp3) is 0.783. The number of hydrogen-bond acceptors (Lipinski definition) is 5. The van der Waals surface area contributed by atoms with Gasteiger partial charge in [0.1, 0.15) is 6.10 Å². The van der Waals surface area contributed by atoms with Gasteiger partial charge in [0, 0.05) is 18.8 Å². The van der Waals surface area contributed by atoms with Crippen molar-refractivity contribution in [3.05, 3.63) is 11.6 Å². The largest absolute Gasteiger partial charge is 0.459 e. The average Bonchev–Trinajstić information content (AvgIpc) is 2.97. The zero-order valence-electron chi connectivity index (χ0n) is 17.3. The highest BCUT2D eigenvalue weighted by Gasteiger charge is 2.59. The van der Waals surface area contributed by atoms with Crippen molar-refractivity contribution in [1.82, 2.24) is 0 Å². The Morgan fingerprint density at radius 3 is 2.61 bits per heavy atom. The van der Waals surface area contributed by atoms with E-state index in [1.165, 1.54) is 12.5 Å². The molecule has 0 bridgehead atoms. The first-order valence-electron chi connectivity index (χ1n) is 10.8. The van der Waals surface area contributed by atoms with Crippen LogP contribution in [0.25, 0.3) is 0 Å². The zero-order chi connectivity index (χ0) is 20.1. The number of esters is 2. The van der Waals surface area contributed by atoms with Crippen LogP contribution in [0.15, 0.2) is 11.6 Å². The number of rotatable bonds is 3. The molecule has 6 atom stereocenters. The molecule has 4 aliphatic carbocycles. The van der Waals surface area contributed by atoms with Gasteiger partial charge in [0.05, 0.1) is 0 Å². The summed E-state index contributed by atoms with van der Waals surface area (Å²) in [4.78, 5) is 35.0. The van der Waals surface area contributed by atoms with Crippen molar-refractivity contribution < 1.29 is 23.9 Å². The van der Waals surface area contributed by atoms with Crippen LogP contribution in [-0.2, 0) is 23.9 Å². The molecule has 3 fully saturated rings. The predicted molar refractivity (Wildman–Crippen MR) is 103 cm³/mol. The van der Waals surface area contributed by atoms with Crippen molar-refractivity contribution in [2.24, 2.45) is 28.6 Å². The summed E-state index contributed by atoms with van der Waals surface area (Å²) in [5.74, 6) is 1.25. The summed E-state index contributed by atoms with van der Waals surface area (Å²) in [7, 11) is 0. The molecule has 0 unspecified atom stereocenters. The summed E-state index contributed by atoms with van der Waals surface area (Å²) in [5, 5.41) is 0. The molecule has 0 aromatic rings. The molecule has 0 N–H and O–H groups in total. The third-order valence-corrected chi connectivity index (χ3v) is 8.54. The van der Waals surface area contributed by atoms with Gasteiger partial charge in [0.2, 0.25) is 0 Å². The van der Waals surface area contributed by atoms with Gasteiger partial charge in [-0.25, -0.2) is 4.79 Å². The van der Waals surface area contributed by atoms with Gasteiger partial charge in [0.25, 0.3) is 0 Å². The number of hydrogen-bond donors (Lipinski definition) is 0. The zero-order valence-corrected chi connectivity index (χ0v) is 17.3. The van der Waals surface area contributed by atoms with Crippen LogP contribution >= 0.6 is 0 Å². The van der Waals surface area contributed by atoms with Crippen LogP contribution < -0.4 is 0 Å². The van der Waals surface area contributed by atoms with Gasteiger partial charge in [-0.3, -0.25) is 9.59 Å². The van der Waals surface area contributed by atoms with E-state index in [0.717, 1.165) is 44.9 Å². The molecule has 0 saturated heterocycles. The lowest BCUT2D eigenvalue weighted by Crippen LogP contribution is -2.51. The Morgan fingerprint density at radius 2 is 1.86 bits per heavy atom. The Kier molecular flexibility index (Phi) is 4.91. The molecule has 0 aromatic carbocycles. The first-order chi connectivity index (χ1) is 13.2. The SMILES string of the molecule is CC(=O)OCC(=O)O[C@@H]1CC[C@H]2[C@@H]3CCC4=CC(=O)CC[C@]4(C)[C@H]3CC[C@]12C. The summed E-state index contributed by atoms with van der Waals surface area (Å²) >= 11 is 0. The van der Waals surface area contributed by atoms with Gasteiger partial charge < -0.3 is 9.47 Å². The second-order valence-electron chi connectivity index (χ2n) is 9.85. The van der Waals surface area contributed by atoms with Crippen LogP contribution in [0.5, 0.6) is 0 Å². The Labute approximate surface area is 167 Å². The topological polar surface area (TPSA) is 69.7 Å². The van der Waals surface area contributed by atoms with Crippen LogP contribution in [0.3, 0.4) is 0 Å². The second-order valence-corrected chi connectivity index (χ2v) is 9.85. The fourth-order valence-corrected chi connectivity index (χ4v) is 7.06. The first kappa shape index (κ1) is 19.7. The minimum Gasteiger partial charge on any atom is -0.459 e. The van der Waals surface area contributed by atoms with E-state index >= 15 is 0 Å². The van der Waals surface area contributed by atoms with Crippen molar-refractivity contribution in [2.45, 2.75) is 78.2 Å². The van der Waals surface area contributed by atoms with E-state index in [4.69, 9.17) is 9.47 Å². The predicted octanol–water partition coefficient (Wildman–Crippen LogP) is 3.99. The Balaban J connectivity index is 1.49. The summed E-state index contributed by atoms with van der Waals surface area (Å²) in [6.07, 6.45) is 9.90. The van der Waals surface area contributed by atoms with E-state index in [2.05, 4.69) is 13.8 Å². The standard InChI is InChI=1S/C23H32O5/c1-14(24)27-13-21(26)28-20-7-6-18-17-5-4-15-12-16(25)8-10-22(15,2)19(17)9-11-23(18,20)3/h12,17-20H,4-11,13H2,1-3H3/t17-,18-,19-,20+,22-,23-/m0/s1. The highest BCUT2D eigenvalue weighted by Crippen LogP contribution is 2.65. The highest BCUT2D eigenvalue weighted by molar-refractivity contribution is 5.91. The van der Waals surface area contributed by atoms with E-state index < -0.39 is 11.9 Å². The molecule has 0 amide bonds. The van der Waals surface area contributed by atoms with Gasteiger partial charge >= 0.3 is 11.9 Å². The van der Waals surface area contributed by atoms with Gasteiger partial charge in [-0.15, -0.1) is 0 Å². The minimum atomic E-state index is -0.460. The van der Waals surface area contributed by atoms with Gasteiger partial charge in [-0.1, -0.05) is 19.4 Å². The molecular formula is C23H32O5. The number of ketones is 1. The molecule has 5 heteroatoms. The third kappa shape index (κ3) is 3.11. The van der Waals surface area contributed by atoms with Crippen molar-refractivity contribution >= 4 is 17.7 Å².